The minimum absolute atomic E-state index is 0.0216. The van der Waals surface area contributed by atoms with Crippen LogP contribution in [0.1, 0.15) is 34.2 Å². The van der Waals surface area contributed by atoms with Gasteiger partial charge in [-0.1, -0.05) is 5.21 Å². The molecule has 3 rings (SSSR count). The van der Waals surface area contributed by atoms with E-state index in [4.69, 9.17) is 0 Å². The Balaban J connectivity index is 1.69. The van der Waals surface area contributed by atoms with Gasteiger partial charge in [0.2, 0.25) is 0 Å². The largest absolute Gasteiger partial charge is 0.317 e. The molecule has 0 aromatic carbocycles. The molecule has 2 aromatic heterocycles. The molecule has 7 heteroatoms. The first-order chi connectivity index (χ1) is 9.74. The van der Waals surface area contributed by atoms with Gasteiger partial charge >= 0.3 is 0 Å². The van der Waals surface area contributed by atoms with Crippen LogP contribution in [0.25, 0.3) is 0 Å². The summed E-state index contributed by atoms with van der Waals surface area (Å²) in [6.07, 6.45) is 4.24. The zero-order valence-electron chi connectivity index (χ0n) is 10.9. The molecule has 1 N–H and O–H groups in total. The summed E-state index contributed by atoms with van der Waals surface area (Å²) in [6, 6.07) is 2.32. The average Bonchev–Trinajstić information content (AvgIpc) is 3.10. The topological polar surface area (TPSA) is 59.8 Å². The van der Waals surface area contributed by atoms with E-state index in [9.17, 15) is 4.79 Å². The third-order valence-electron chi connectivity index (χ3n) is 3.49. The van der Waals surface area contributed by atoms with E-state index in [0.29, 0.717) is 18.2 Å². The van der Waals surface area contributed by atoms with Crippen molar-refractivity contribution in [3.05, 3.63) is 32.7 Å². The lowest BCUT2D eigenvalue weighted by molar-refractivity contribution is 0.0989. The molecule has 1 fully saturated rings. The van der Waals surface area contributed by atoms with Crippen LogP contribution in [-0.2, 0) is 6.42 Å². The van der Waals surface area contributed by atoms with Crippen LogP contribution < -0.4 is 5.32 Å². The number of nitrogens with one attached hydrogen (secondary N) is 1. The molecule has 0 atom stereocenters. The fourth-order valence-electron chi connectivity index (χ4n) is 2.34. The molecule has 0 radical (unpaired) electrons. The Bertz CT molecular complexity index is 603. The average molecular weight is 355 g/mol. The normalized spacial score (nSPS) is 16.4. The molecule has 106 valence electrons. The Morgan fingerprint density at radius 1 is 1.50 bits per heavy atom. The fraction of sp³-hybridized carbons (Fsp3) is 0.462. The molecule has 0 aliphatic carbocycles. The van der Waals surface area contributed by atoms with Gasteiger partial charge in [0.1, 0.15) is 5.69 Å². The number of aromatic nitrogens is 3. The molecule has 1 aliphatic rings. The SMILES string of the molecule is O=C(Cc1sccc1Br)c1cn(C2CCNCC2)nn1. The Labute approximate surface area is 129 Å². The first-order valence-electron chi connectivity index (χ1n) is 6.61. The molecule has 5 nitrogen and oxygen atoms in total. The van der Waals surface area contributed by atoms with E-state index in [1.165, 1.54) is 0 Å². The molecule has 1 aliphatic heterocycles. The van der Waals surface area contributed by atoms with E-state index in [1.54, 1.807) is 17.5 Å². The zero-order valence-corrected chi connectivity index (χ0v) is 13.3. The number of ketones is 1. The van der Waals surface area contributed by atoms with Gasteiger partial charge in [0.15, 0.2) is 5.78 Å². The summed E-state index contributed by atoms with van der Waals surface area (Å²) in [5.74, 6) is 0.0216. The summed E-state index contributed by atoms with van der Waals surface area (Å²) >= 11 is 5.02. The monoisotopic (exact) mass is 354 g/mol. The standard InChI is InChI=1S/C13H15BrN4OS/c14-10-3-6-20-13(10)7-12(19)11-8-18(17-16-11)9-1-4-15-5-2-9/h3,6,8-9,15H,1-2,4-5,7H2. The van der Waals surface area contributed by atoms with Gasteiger partial charge < -0.3 is 5.32 Å². The van der Waals surface area contributed by atoms with Crippen LogP contribution in [-0.4, -0.2) is 33.9 Å². The number of piperidine rings is 1. The van der Waals surface area contributed by atoms with Crippen molar-refractivity contribution < 1.29 is 4.79 Å². The molecule has 0 spiro atoms. The Morgan fingerprint density at radius 3 is 3.00 bits per heavy atom. The molecule has 3 heterocycles. The highest BCUT2D eigenvalue weighted by Crippen LogP contribution is 2.24. The van der Waals surface area contributed by atoms with Gasteiger partial charge in [-0.05, 0) is 53.3 Å². The summed E-state index contributed by atoms with van der Waals surface area (Å²) in [6.45, 7) is 1.99. The van der Waals surface area contributed by atoms with Gasteiger partial charge in [-0.25, -0.2) is 4.68 Å². The van der Waals surface area contributed by atoms with Crippen molar-refractivity contribution in [1.82, 2.24) is 20.3 Å². The zero-order chi connectivity index (χ0) is 13.9. The highest BCUT2D eigenvalue weighted by Gasteiger charge is 2.19. The molecule has 0 saturated carbocycles. The number of hydrogen-bond acceptors (Lipinski definition) is 5. The van der Waals surface area contributed by atoms with Crippen molar-refractivity contribution in [2.24, 2.45) is 0 Å². The summed E-state index contributed by atoms with van der Waals surface area (Å²) in [5.41, 5.74) is 0.462. The number of carbonyl (C=O) groups excluding carboxylic acids is 1. The van der Waals surface area contributed by atoms with Gasteiger partial charge in [-0.3, -0.25) is 4.79 Å². The third-order valence-corrected chi connectivity index (χ3v) is 5.42. The second kappa shape index (κ2) is 6.15. The van der Waals surface area contributed by atoms with Gasteiger partial charge in [0.05, 0.1) is 12.2 Å². The number of Topliss-reactive ketones (excluding diaryl/α,β-unsaturated/α-hetero) is 1. The first-order valence-corrected chi connectivity index (χ1v) is 8.29. The molecule has 0 unspecified atom stereocenters. The molecule has 0 bridgehead atoms. The maximum atomic E-state index is 12.2. The molecular formula is C13H15BrN4OS. The molecule has 20 heavy (non-hydrogen) atoms. The molecule has 1 saturated heterocycles. The smallest absolute Gasteiger partial charge is 0.189 e. The second-order valence-electron chi connectivity index (χ2n) is 4.86. The van der Waals surface area contributed by atoms with Gasteiger partial charge in [0, 0.05) is 15.8 Å². The number of hydrogen-bond donors (Lipinski definition) is 1. The summed E-state index contributed by atoms with van der Waals surface area (Å²) in [7, 11) is 0. The number of carbonyl (C=O) groups is 1. The van der Waals surface area contributed by atoms with Gasteiger partial charge in [-0.15, -0.1) is 16.4 Å². The van der Waals surface area contributed by atoms with Crippen LogP contribution in [0.2, 0.25) is 0 Å². The van der Waals surface area contributed by atoms with E-state index in [1.807, 2.05) is 16.1 Å². The quantitative estimate of drug-likeness (QED) is 0.856. The summed E-state index contributed by atoms with van der Waals surface area (Å²) in [4.78, 5) is 13.3. The Morgan fingerprint density at radius 2 is 2.30 bits per heavy atom. The van der Waals surface area contributed by atoms with E-state index in [0.717, 1.165) is 35.3 Å². The minimum atomic E-state index is 0.0216. The Kier molecular flexibility index (Phi) is 4.28. The van der Waals surface area contributed by atoms with E-state index < -0.39 is 0 Å². The van der Waals surface area contributed by atoms with Crippen molar-refractivity contribution in [3.63, 3.8) is 0 Å². The van der Waals surface area contributed by atoms with Crippen LogP contribution in [0.3, 0.4) is 0 Å². The Hall–Kier alpha value is -1.05. The van der Waals surface area contributed by atoms with Crippen molar-refractivity contribution >= 4 is 33.0 Å². The van der Waals surface area contributed by atoms with Crippen LogP contribution in [0.4, 0.5) is 0 Å². The van der Waals surface area contributed by atoms with E-state index in [-0.39, 0.29) is 5.78 Å². The maximum absolute atomic E-state index is 12.2. The van der Waals surface area contributed by atoms with Crippen LogP contribution in [0.15, 0.2) is 22.1 Å². The molecule has 2 aromatic rings. The van der Waals surface area contributed by atoms with Crippen LogP contribution in [0, 0.1) is 0 Å². The van der Waals surface area contributed by atoms with Crippen molar-refractivity contribution in [2.75, 3.05) is 13.1 Å². The lowest BCUT2D eigenvalue weighted by atomic mass is 10.1. The minimum Gasteiger partial charge on any atom is -0.317 e. The highest BCUT2D eigenvalue weighted by molar-refractivity contribution is 9.10. The van der Waals surface area contributed by atoms with Crippen molar-refractivity contribution in [3.8, 4) is 0 Å². The van der Waals surface area contributed by atoms with Crippen molar-refractivity contribution in [1.29, 1.82) is 0 Å². The first kappa shape index (κ1) is 13.9. The van der Waals surface area contributed by atoms with Crippen LogP contribution >= 0.6 is 27.3 Å². The number of halogens is 1. The predicted octanol–water partition coefficient (Wildman–Crippen LogP) is 2.45. The highest BCUT2D eigenvalue weighted by atomic mass is 79.9. The molecular weight excluding hydrogens is 340 g/mol. The summed E-state index contributed by atoms with van der Waals surface area (Å²) in [5, 5.41) is 13.4. The van der Waals surface area contributed by atoms with Gasteiger partial charge in [0.25, 0.3) is 0 Å². The predicted molar refractivity (Wildman–Crippen MR) is 81.2 cm³/mol. The fourth-order valence-corrected chi connectivity index (χ4v) is 3.83. The number of thiophene rings is 1. The lowest BCUT2D eigenvalue weighted by Gasteiger charge is -2.22. The van der Waals surface area contributed by atoms with E-state index in [2.05, 4.69) is 31.6 Å². The second-order valence-corrected chi connectivity index (χ2v) is 6.71. The summed E-state index contributed by atoms with van der Waals surface area (Å²) < 4.78 is 2.83. The number of rotatable bonds is 4. The molecule has 0 amide bonds. The third kappa shape index (κ3) is 2.99. The van der Waals surface area contributed by atoms with Crippen molar-refractivity contribution in [2.45, 2.75) is 25.3 Å². The lowest BCUT2D eigenvalue weighted by Crippen LogP contribution is -2.29. The maximum Gasteiger partial charge on any atom is 0.189 e. The van der Waals surface area contributed by atoms with Crippen LogP contribution in [0.5, 0.6) is 0 Å². The number of nitrogens with zero attached hydrogens (tertiary/aromatic N) is 3. The van der Waals surface area contributed by atoms with Gasteiger partial charge in [-0.2, -0.15) is 0 Å². The van der Waals surface area contributed by atoms with E-state index >= 15 is 0 Å².